The molecular weight excluding hydrogens is 504 g/mol. The van der Waals surface area contributed by atoms with E-state index in [0.29, 0.717) is 28.0 Å². The molecular formula is C33H26N2O5. The van der Waals surface area contributed by atoms with Crippen molar-refractivity contribution in [3.63, 3.8) is 0 Å². The van der Waals surface area contributed by atoms with Crippen molar-refractivity contribution in [2.45, 2.75) is 39.4 Å². The zero-order valence-corrected chi connectivity index (χ0v) is 22.4. The van der Waals surface area contributed by atoms with Crippen LogP contribution in [0.5, 0.6) is 0 Å². The summed E-state index contributed by atoms with van der Waals surface area (Å²) in [7, 11) is 0. The van der Waals surface area contributed by atoms with Crippen LogP contribution >= 0.6 is 0 Å². The van der Waals surface area contributed by atoms with Crippen molar-refractivity contribution in [2.75, 3.05) is 4.90 Å². The maximum atomic E-state index is 14.8. The third-order valence-corrected chi connectivity index (χ3v) is 8.21. The van der Waals surface area contributed by atoms with Gasteiger partial charge >= 0.3 is 0 Å². The Kier molecular flexibility index (Phi) is 5.16. The minimum atomic E-state index is -1.70. The third-order valence-electron chi connectivity index (χ3n) is 8.21. The molecule has 1 unspecified atom stereocenters. The maximum Gasteiger partial charge on any atom is 0.291 e. The van der Waals surface area contributed by atoms with Crippen LogP contribution < -0.4 is 10.3 Å². The predicted molar refractivity (Wildman–Crippen MR) is 150 cm³/mol. The van der Waals surface area contributed by atoms with E-state index in [-0.39, 0.29) is 35.7 Å². The molecule has 5 aromatic rings. The van der Waals surface area contributed by atoms with Gasteiger partial charge in [0.1, 0.15) is 11.3 Å². The summed E-state index contributed by atoms with van der Waals surface area (Å²) >= 11 is 0. The summed E-state index contributed by atoms with van der Waals surface area (Å²) in [4.78, 5) is 46.5. The van der Waals surface area contributed by atoms with Crippen LogP contribution in [0.4, 0.5) is 5.69 Å². The molecule has 0 saturated carbocycles. The summed E-state index contributed by atoms with van der Waals surface area (Å²) in [6.07, 6.45) is 1.52. The summed E-state index contributed by atoms with van der Waals surface area (Å²) in [6, 6.07) is 22.4. The van der Waals surface area contributed by atoms with E-state index in [9.17, 15) is 14.4 Å². The lowest BCUT2D eigenvalue weighted by atomic mass is 9.83. The molecule has 40 heavy (non-hydrogen) atoms. The summed E-state index contributed by atoms with van der Waals surface area (Å²) in [5, 5.41) is 0.344. The van der Waals surface area contributed by atoms with Gasteiger partial charge in [-0.25, -0.2) is 0 Å². The molecule has 7 rings (SSSR count). The monoisotopic (exact) mass is 530 g/mol. The largest absolute Gasteiger partial charge is 0.467 e. The number of fused-ring (bicyclic) bond motifs is 5. The van der Waals surface area contributed by atoms with Gasteiger partial charge in [-0.3, -0.25) is 14.4 Å². The molecule has 0 aliphatic carbocycles. The lowest BCUT2D eigenvalue weighted by Gasteiger charge is -2.33. The average Bonchev–Trinajstić information content (AvgIpc) is 3.61. The number of nitrogens with zero attached hydrogens (tertiary/aromatic N) is 2. The number of carbonyl (C=O) groups excluding carboxylic acids is 2. The molecule has 2 aromatic heterocycles. The quantitative estimate of drug-likeness (QED) is 0.295. The number of hydrogen-bond acceptors (Lipinski definition) is 5. The molecule has 1 atom stereocenters. The normalized spacial score (nSPS) is 17.8. The summed E-state index contributed by atoms with van der Waals surface area (Å²) in [6.45, 7) is 6.13. The van der Waals surface area contributed by atoms with Gasteiger partial charge in [-0.15, -0.1) is 0 Å². The predicted octanol–water partition coefficient (Wildman–Crippen LogP) is 5.76. The fourth-order valence-electron chi connectivity index (χ4n) is 6.06. The first kappa shape index (κ1) is 24.2. The van der Waals surface area contributed by atoms with E-state index in [1.165, 1.54) is 11.2 Å². The first-order chi connectivity index (χ1) is 19.3. The topological polar surface area (TPSA) is 84.0 Å². The lowest BCUT2D eigenvalue weighted by Crippen LogP contribution is -2.52. The van der Waals surface area contributed by atoms with E-state index in [0.717, 1.165) is 22.3 Å². The van der Waals surface area contributed by atoms with Gasteiger partial charge in [0.15, 0.2) is 11.0 Å². The zero-order valence-electron chi connectivity index (χ0n) is 22.4. The molecule has 0 fully saturated rings. The Morgan fingerprint density at radius 1 is 0.825 bits per heavy atom. The molecule has 0 N–H and O–H groups in total. The van der Waals surface area contributed by atoms with Crippen LogP contribution in [-0.2, 0) is 23.4 Å². The lowest BCUT2D eigenvalue weighted by molar-refractivity contribution is -0.126. The Morgan fingerprint density at radius 2 is 1.57 bits per heavy atom. The Hall–Kier alpha value is -4.91. The highest BCUT2D eigenvalue weighted by Crippen LogP contribution is 2.53. The third kappa shape index (κ3) is 3.21. The van der Waals surface area contributed by atoms with E-state index in [2.05, 4.69) is 0 Å². The van der Waals surface area contributed by atoms with E-state index < -0.39 is 11.4 Å². The van der Waals surface area contributed by atoms with Crippen LogP contribution in [0.3, 0.4) is 0 Å². The minimum Gasteiger partial charge on any atom is -0.467 e. The van der Waals surface area contributed by atoms with Crippen molar-refractivity contribution in [3.8, 4) is 0 Å². The fourth-order valence-corrected chi connectivity index (χ4v) is 6.06. The minimum absolute atomic E-state index is 0.0116. The molecule has 198 valence electrons. The van der Waals surface area contributed by atoms with Crippen LogP contribution in [-0.4, -0.2) is 16.7 Å². The fraction of sp³-hybridized carbons (Fsp3) is 0.182. The molecule has 3 aromatic carbocycles. The standard InChI is InChI=1S/C33H26N2O5/c1-19-10-12-22(13-11-19)17-34-26-9-5-4-8-25(26)33(32(34)38)28-29(36)24-15-20(2)21(3)16-27(24)40-30(28)31(37)35(33)18-23-7-6-14-39-23/h4-16H,17-18H2,1-3H3. The Balaban J connectivity index is 1.52. The molecule has 0 saturated heterocycles. The first-order valence-corrected chi connectivity index (χ1v) is 13.2. The number of carbonyl (C=O) groups is 2. The van der Waals surface area contributed by atoms with Crippen LogP contribution in [0, 0.1) is 20.8 Å². The molecule has 0 radical (unpaired) electrons. The number of aryl methyl sites for hydroxylation is 3. The summed E-state index contributed by atoms with van der Waals surface area (Å²) < 4.78 is 11.8. The van der Waals surface area contributed by atoms with Crippen LogP contribution in [0.1, 0.15) is 49.7 Å². The van der Waals surface area contributed by atoms with Gasteiger partial charge in [0.2, 0.25) is 5.76 Å². The number of amides is 2. The maximum absolute atomic E-state index is 14.8. The van der Waals surface area contributed by atoms with Gasteiger partial charge < -0.3 is 18.6 Å². The van der Waals surface area contributed by atoms with Crippen molar-refractivity contribution in [2.24, 2.45) is 0 Å². The molecule has 7 heteroatoms. The molecule has 7 nitrogen and oxygen atoms in total. The molecule has 2 aliphatic rings. The molecule has 2 aliphatic heterocycles. The smallest absolute Gasteiger partial charge is 0.291 e. The first-order valence-electron chi connectivity index (χ1n) is 13.2. The summed E-state index contributed by atoms with van der Waals surface area (Å²) in [5.41, 5.74) is 3.43. The highest BCUT2D eigenvalue weighted by atomic mass is 16.4. The molecule has 4 heterocycles. The number of benzene rings is 3. The van der Waals surface area contributed by atoms with Crippen molar-refractivity contribution in [3.05, 3.63) is 134 Å². The van der Waals surface area contributed by atoms with Crippen molar-refractivity contribution >= 4 is 28.5 Å². The van der Waals surface area contributed by atoms with Crippen molar-refractivity contribution in [1.29, 1.82) is 0 Å². The van der Waals surface area contributed by atoms with Gasteiger partial charge in [0.05, 0.1) is 36.0 Å². The Bertz CT molecular complexity index is 1900. The van der Waals surface area contributed by atoms with Crippen molar-refractivity contribution in [1.82, 2.24) is 4.90 Å². The van der Waals surface area contributed by atoms with Gasteiger partial charge in [-0.1, -0.05) is 48.0 Å². The van der Waals surface area contributed by atoms with Crippen LogP contribution in [0.2, 0.25) is 0 Å². The Morgan fingerprint density at radius 3 is 2.33 bits per heavy atom. The van der Waals surface area contributed by atoms with E-state index >= 15 is 0 Å². The number of rotatable bonds is 4. The molecule has 0 bridgehead atoms. The van der Waals surface area contributed by atoms with E-state index in [4.69, 9.17) is 8.83 Å². The second-order valence-electron chi connectivity index (χ2n) is 10.6. The summed E-state index contributed by atoms with van der Waals surface area (Å²) in [5.74, 6) is -0.508. The highest BCUT2D eigenvalue weighted by molar-refractivity contribution is 6.17. The SMILES string of the molecule is Cc1ccc(CN2C(=O)C3(c4ccccc42)c2c(oc4cc(C)c(C)cc4c2=O)C(=O)N3Cc2ccco2)cc1. The molecule has 1 spiro atoms. The second-order valence-corrected chi connectivity index (χ2v) is 10.6. The van der Waals surface area contributed by atoms with Crippen LogP contribution in [0.25, 0.3) is 11.0 Å². The Labute approximate surface area is 230 Å². The van der Waals surface area contributed by atoms with Crippen LogP contribution in [0.15, 0.2) is 92.7 Å². The number of para-hydroxylation sites is 1. The van der Waals surface area contributed by atoms with Gasteiger partial charge in [-0.05, 0) is 67.8 Å². The average molecular weight is 531 g/mol. The number of anilines is 1. The van der Waals surface area contributed by atoms with E-state index in [1.807, 2.05) is 69.3 Å². The number of furan rings is 1. The van der Waals surface area contributed by atoms with Gasteiger partial charge in [0, 0.05) is 5.56 Å². The molecule has 2 amide bonds. The second kappa shape index (κ2) is 8.55. The van der Waals surface area contributed by atoms with Gasteiger partial charge in [0.25, 0.3) is 11.8 Å². The number of hydrogen-bond donors (Lipinski definition) is 0. The zero-order chi connectivity index (χ0) is 27.8. The highest BCUT2D eigenvalue weighted by Gasteiger charge is 2.65. The van der Waals surface area contributed by atoms with E-state index in [1.54, 1.807) is 29.2 Å². The van der Waals surface area contributed by atoms with Crippen molar-refractivity contribution < 1.29 is 18.4 Å². The van der Waals surface area contributed by atoms with Gasteiger partial charge in [-0.2, -0.15) is 0 Å².